The molecule has 0 radical (unpaired) electrons. The molecule has 0 heterocycles. The highest BCUT2D eigenvalue weighted by atomic mass is 31.2. The molecule has 2 unspecified atom stereocenters. The molecule has 0 aliphatic heterocycles. The van der Waals surface area contributed by atoms with Gasteiger partial charge in [0.1, 0.15) is 19.8 Å². The third-order valence-electron chi connectivity index (χ3n) is 13.6. The summed E-state index contributed by atoms with van der Waals surface area (Å²) in [6.07, 6.45) is 69.4. The predicted octanol–water partition coefficient (Wildman–Crippen LogP) is 19.3. The maximum atomic E-state index is 12.8. The minimum absolute atomic E-state index is 0.0348. The van der Waals surface area contributed by atoms with Crippen LogP contribution < -0.4 is 0 Å². The van der Waals surface area contributed by atoms with Gasteiger partial charge in [0.15, 0.2) is 6.10 Å². The van der Waals surface area contributed by atoms with Crippen molar-refractivity contribution in [2.45, 2.75) is 296 Å². The van der Waals surface area contributed by atoms with Gasteiger partial charge in [-0.3, -0.25) is 18.6 Å². The van der Waals surface area contributed by atoms with Crippen LogP contribution in [0.2, 0.25) is 0 Å². The average Bonchev–Trinajstić information content (AvgIpc) is 3.35. The molecule has 0 saturated heterocycles. The number of phosphoric acid groups is 1. The van der Waals surface area contributed by atoms with E-state index in [-0.39, 0.29) is 25.6 Å². The summed E-state index contributed by atoms with van der Waals surface area (Å²) in [7, 11) is 1.49. The predicted molar refractivity (Wildman–Crippen MR) is 312 cm³/mol. The Morgan fingerprint density at radius 2 is 0.781 bits per heavy atom. The largest absolute Gasteiger partial charge is 0.472 e. The second-order valence-corrected chi connectivity index (χ2v) is 23.5. The van der Waals surface area contributed by atoms with Gasteiger partial charge in [-0.1, -0.05) is 274 Å². The summed E-state index contributed by atoms with van der Waals surface area (Å²) in [5.74, 6) is -0.785. The Morgan fingerprint density at radius 3 is 1.16 bits per heavy atom. The number of nitrogens with zero attached hydrogens (tertiary/aromatic N) is 1. The minimum atomic E-state index is -4.38. The summed E-state index contributed by atoms with van der Waals surface area (Å²) >= 11 is 0. The summed E-state index contributed by atoms with van der Waals surface area (Å²) in [6, 6.07) is 0. The average molecular weight is 1050 g/mol. The van der Waals surface area contributed by atoms with Crippen LogP contribution in [0.5, 0.6) is 0 Å². The molecule has 0 aliphatic carbocycles. The van der Waals surface area contributed by atoms with Crippen LogP contribution in [0, 0.1) is 0 Å². The first-order chi connectivity index (χ1) is 35.5. The number of likely N-dealkylation sites (N-methyl/N-ethyl adjacent to an activating group) is 1. The van der Waals surface area contributed by atoms with Crippen LogP contribution in [0.25, 0.3) is 0 Å². The van der Waals surface area contributed by atoms with Crippen LogP contribution >= 0.6 is 7.82 Å². The number of unbranched alkanes of at least 4 members (excludes halogenated alkanes) is 35. The van der Waals surface area contributed by atoms with Gasteiger partial charge >= 0.3 is 19.8 Å². The van der Waals surface area contributed by atoms with Gasteiger partial charge in [0, 0.05) is 12.8 Å². The van der Waals surface area contributed by atoms with Gasteiger partial charge in [0.25, 0.3) is 0 Å². The third kappa shape index (κ3) is 59.1. The van der Waals surface area contributed by atoms with Gasteiger partial charge in [-0.2, -0.15) is 0 Å². The molecule has 10 heteroatoms. The Bertz CT molecular complexity index is 1370. The number of hydrogen-bond donors (Lipinski definition) is 1. The molecule has 0 saturated carbocycles. The van der Waals surface area contributed by atoms with Gasteiger partial charge in [-0.25, -0.2) is 4.57 Å². The van der Waals surface area contributed by atoms with E-state index in [0.717, 1.165) is 57.8 Å². The number of hydrogen-bond acceptors (Lipinski definition) is 7. The van der Waals surface area contributed by atoms with Gasteiger partial charge < -0.3 is 18.9 Å². The Hall–Kier alpha value is -2.03. The van der Waals surface area contributed by atoms with Crippen LogP contribution in [0.3, 0.4) is 0 Å². The summed E-state index contributed by atoms with van der Waals surface area (Å²) in [6.45, 7) is 4.34. The van der Waals surface area contributed by atoms with Crippen LogP contribution in [-0.2, 0) is 32.7 Å². The maximum Gasteiger partial charge on any atom is 0.472 e. The number of carbonyl (C=O) groups excluding carboxylic acids is 2. The zero-order chi connectivity index (χ0) is 53.5. The SMILES string of the molecule is CC/C=C\C/C=C\C/C=C\C/C=C\CCCCCCCCCCCCCCCCCCCCCCCCCCCCC(=O)OC(COC(=O)CCCCCCCCCCCC)COP(=O)(O)OCC[N+](C)(C)C. The smallest absolute Gasteiger partial charge is 0.462 e. The fourth-order valence-electron chi connectivity index (χ4n) is 8.89. The van der Waals surface area contributed by atoms with Crippen molar-refractivity contribution in [3.63, 3.8) is 0 Å². The highest BCUT2D eigenvalue weighted by molar-refractivity contribution is 7.47. The molecule has 0 aliphatic rings. The summed E-state index contributed by atoms with van der Waals surface area (Å²) in [5, 5.41) is 0. The molecule has 0 rings (SSSR count). The molecule has 73 heavy (non-hydrogen) atoms. The number of phosphoric ester groups is 1. The molecule has 0 spiro atoms. The number of carbonyl (C=O) groups is 2. The second kappa shape index (κ2) is 54.7. The molecule has 1 N–H and O–H groups in total. The van der Waals surface area contributed by atoms with Crippen LogP contribution in [0.4, 0.5) is 0 Å². The quantitative estimate of drug-likeness (QED) is 0.0211. The van der Waals surface area contributed by atoms with E-state index >= 15 is 0 Å². The summed E-state index contributed by atoms with van der Waals surface area (Å²) in [5.41, 5.74) is 0. The molecule has 0 bridgehead atoms. The van der Waals surface area contributed by atoms with E-state index in [0.29, 0.717) is 23.9 Å². The van der Waals surface area contributed by atoms with Gasteiger partial charge in [0.2, 0.25) is 0 Å². The third-order valence-corrected chi connectivity index (χ3v) is 14.6. The zero-order valence-electron chi connectivity index (χ0n) is 48.6. The van der Waals surface area contributed by atoms with Gasteiger partial charge in [0.05, 0.1) is 27.7 Å². The fourth-order valence-corrected chi connectivity index (χ4v) is 9.63. The van der Waals surface area contributed by atoms with Crippen molar-refractivity contribution < 1.29 is 42.1 Å². The number of esters is 2. The van der Waals surface area contributed by atoms with Crippen LogP contribution in [0.1, 0.15) is 290 Å². The highest BCUT2D eigenvalue weighted by Crippen LogP contribution is 2.43. The minimum Gasteiger partial charge on any atom is -0.462 e. The van der Waals surface area contributed by atoms with E-state index in [2.05, 4.69) is 62.5 Å². The van der Waals surface area contributed by atoms with Gasteiger partial charge in [-0.15, -0.1) is 0 Å². The van der Waals surface area contributed by atoms with E-state index < -0.39 is 26.5 Å². The number of rotatable bonds is 57. The van der Waals surface area contributed by atoms with E-state index in [1.54, 1.807) is 0 Å². The molecule has 2 atom stereocenters. The molecule has 0 aromatic rings. The second-order valence-electron chi connectivity index (χ2n) is 22.1. The zero-order valence-corrected chi connectivity index (χ0v) is 49.5. The Morgan fingerprint density at radius 1 is 0.438 bits per heavy atom. The van der Waals surface area contributed by atoms with Crippen molar-refractivity contribution in [1.82, 2.24) is 0 Å². The normalized spacial score (nSPS) is 13.6. The molecular formula is C63H119NO8P+. The lowest BCUT2D eigenvalue weighted by Crippen LogP contribution is -2.37. The summed E-state index contributed by atoms with van der Waals surface area (Å²) in [4.78, 5) is 35.5. The molecule has 9 nitrogen and oxygen atoms in total. The van der Waals surface area contributed by atoms with Crippen molar-refractivity contribution in [2.75, 3.05) is 47.5 Å². The fraction of sp³-hybridized carbons (Fsp3) is 0.841. The monoisotopic (exact) mass is 1050 g/mol. The van der Waals surface area contributed by atoms with Crippen molar-refractivity contribution in [3.8, 4) is 0 Å². The van der Waals surface area contributed by atoms with E-state index in [1.807, 2.05) is 21.1 Å². The molecule has 428 valence electrons. The summed E-state index contributed by atoms with van der Waals surface area (Å²) < 4.78 is 34.5. The number of quaternary nitrogens is 1. The van der Waals surface area contributed by atoms with Gasteiger partial charge in [-0.05, 0) is 51.4 Å². The van der Waals surface area contributed by atoms with Crippen molar-refractivity contribution >= 4 is 19.8 Å². The lowest BCUT2D eigenvalue weighted by Gasteiger charge is -2.24. The molecule has 0 aromatic carbocycles. The number of allylic oxidation sites excluding steroid dienone is 8. The van der Waals surface area contributed by atoms with E-state index in [1.165, 1.54) is 199 Å². The first kappa shape index (κ1) is 71.0. The lowest BCUT2D eigenvalue weighted by atomic mass is 10.0. The van der Waals surface area contributed by atoms with Crippen molar-refractivity contribution in [2.24, 2.45) is 0 Å². The van der Waals surface area contributed by atoms with Crippen molar-refractivity contribution in [1.29, 1.82) is 0 Å². The molecular weight excluding hydrogens is 930 g/mol. The highest BCUT2D eigenvalue weighted by Gasteiger charge is 2.27. The Balaban J connectivity index is 3.82. The van der Waals surface area contributed by atoms with Crippen LogP contribution in [0.15, 0.2) is 48.6 Å². The molecule has 0 aromatic heterocycles. The van der Waals surface area contributed by atoms with E-state index in [9.17, 15) is 19.0 Å². The lowest BCUT2D eigenvalue weighted by molar-refractivity contribution is -0.870. The topological polar surface area (TPSA) is 108 Å². The maximum absolute atomic E-state index is 12.8. The molecule has 0 fully saturated rings. The Kier molecular flexibility index (Phi) is 53.2. The first-order valence-corrected chi connectivity index (χ1v) is 32.4. The Labute approximate surface area is 452 Å². The number of ether oxygens (including phenoxy) is 2. The molecule has 0 amide bonds. The van der Waals surface area contributed by atoms with E-state index in [4.69, 9.17) is 18.5 Å². The standard InChI is InChI=1S/C63H118NO8P/c1-6-8-10-12-14-16-18-19-20-21-22-23-24-25-26-27-28-29-30-31-32-33-34-35-36-37-38-39-40-41-42-43-44-45-46-48-50-52-54-56-63(66)72-61(60-71-73(67,68)70-58-57-64(3,4)5)59-69-62(65)55-53-51-49-47-17-15-13-11-9-7-2/h8,10,14,16,19-20,22-23,61H,6-7,9,11-13,15,17-18,21,24-60H2,1-5H3/p+1/b10-8-,16-14-,20-19-,23-22-. The van der Waals surface area contributed by atoms with Crippen LogP contribution in [-0.4, -0.2) is 74.9 Å². The first-order valence-electron chi connectivity index (χ1n) is 30.9. The van der Waals surface area contributed by atoms with Crippen molar-refractivity contribution in [3.05, 3.63) is 48.6 Å².